The first-order chi connectivity index (χ1) is 10.5. The smallest absolute Gasteiger partial charge is 0.126 e. The Kier molecular flexibility index (Phi) is 4.27. The lowest BCUT2D eigenvalue weighted by Gasteiger charge is -2.38. The van der Waals surface area contributed by atoms with Crippen LogP contribution in [0.4, 0.5) is 0 Å². The quantitative estimate of drug-likeness (QED) is 0.947. The minimum absolute atomic E-state index is 0.193. The molecule has 118 valence electrons. The summed E-state index contributed by atoms with van der Waals surface area (Å²) in [6.07, 6.45) is 5.51. The molecule has 0 spiro atoms. The van der Waals surface area contributed by atoms with E-state index in [1.165, 1.54) is 0 Å². The van der Waals surface area contributed by atoms with E-state index in [0.29, 0.717) is 6.61 Å². The van der Waals surface area contributed by atoms with Crippen LogP contribution in [0.1, 0.15) is 32.6 Å². The number of aromatic amines is 1. The van der Waals surface area contributed by atoms with Crippen LogP contribution < -0.4 is 0 Å². The molecule has 5 heteroatoms. The molecule has 0 bridgehead atoms. The van der Waals surface area contributed by atoms with E-state index in [1.54, 1.807) is 6.20 Å². The van der Waals surface area contributed by atoms with Crippen molar-refractivity contribution in [2.45, 2.75) is 26.8 Å². The second-order valence-electron chi connectivity index (χ2n) is 7.05. The fourth-order valence-corrected chi connectivity index (χ4v) is 2.86. The van der Waals surface area contributed by atoms with Crippen molar-refractivity contribution in [3.8, 4) is 11.3 Å². The number of rotatable bonds is 3. The molecule has 1 atom stereocenters. The van der Waals surface area contributed by atoms with Crippen molar-refractivity contribution in [3.05, 3.63) is 36.5 Å². The summed E-state index contributed by atoms with van der Waals surface area (Å²) in [4.78, 5) is 14.7. The van der Waals surface area contributed by atoms with Gasteiger partial charge >= 0.3 is 0 Å². The number of ether oxygens (including phenoxy) is 1. The van der Waals surface area contributed by atoms with Crippen molar-refractivity contribution in [3.63, 3.8) is 0 Å². The molecule has 1 fully saturated rings. The third-order valence-corrected chi connectivity index (χ3v) is 3.80. The molecular formula is C17H24N4O. The Hall–Kier alpha value is -1.72. The lowest BCUT2D eigenvalue weighted by molar-refractivity contribution is -0.0246. The largest absolute Gasteiger partial charge is 0.378 e. The van der Waals surface area contributed by atoms with Gasteiger partial charge in [-0.05, 0) is 17.5 Å². The van der Waals surface area contributed by atoms with E-state index < -0.39 is 0 Å². The maximum atomic E-state index is 5.68. The van der Waals surface area contributed by atoms with Crippen LogP contribution in [0.3, 0.4) is 0 Å². The van der Waals surface area contributed by atoms with Crippen LogP contribution in [0.5, 0.6) is 0 Å². The summed E-state index contributed by atoms with van der Waals surface area (Å²) in [6, 6.07) is 4.17. The molecule has 3 rings (SSSR count). The highest BCUT2D eigenvalue weighted by atomic mass is 16.5. The third-order valence-electron chi connectivity index (χ3n) is 3.80. The number of hydrogen-bond acceptors (Lipinski definition) is 4. The van der Waals surface area contributed by atoms with Crippen LogP contribution >= 0.6 is 0 Å². The standard InChI is InChI=1S/C17H24N4O/c1-17(2,3)12-21-7-8-22-11-15(21)16-19-10-14(20-16)13-5-4-6-18-9-13/h4-6,9-10,15H,7-8,11-12H2,1-3H3,(H,19,20)/t15-/m0/s1. The predicted octanol–water partition coefficient (Wildman–Crippen LogP) is 2.89. The minimum atomic E-state index is 0.193. The Morgan fingerprint density at radius 1 is 1.36 bits per heavy atom. The molecule has 1 aliphatic heterocycles. The van der Waals surface area contributed by atoms with Gasteiger partial charge in [-0.2, -0.15) is 0 Å². The van der Waals surface area contributed by atoms with Crippen LogP contribution in [0, 0.1) is 5.41 Å². The zero-order valence-corrected chi connectivity index (χ0v) is 13.5. The van der Waals surface area contributed by atoms with Crippen molar-refractivity contribution in [2.75, 3.05) is 26.3 Å². The maximum absolute atomic E-state index is 5.68. The van der Waals surface area contributed by atoms with Crippen LogP contribution in [-0.4, -0.2) is 46.2 Å². The Bertz CT molecular complexity index is 603. The summed E-state index contributed by atoms with van der Waals surface area (Å²) in [5.41, 5.74) is 2.32. The molecule has 0 aliphatic carbocycles. The van der Waals surface area contributed by atoms with Crippen LogP contribution in [0.25, 0.3) is 11.3 Å². The summed E-state index contributed by atoms with van der Waals surface area (Å²) in [5.74, 6) is 0.975. The van der Waals surface area contributed by atoms with E-state index in [-0.39, 0.29) is 11.5 Å². The van der Waals surface area contributed by atoms with E-state index in [4.69, 9.17) is 4.74 Å². The topological polar surface area (TPSA) is 54.0 Å². The number of imidazole rings is 1. The van der Waals surface area contributed by atoms with Gasteiger partial charge in [-0.3, -0.25) is 9.88 Å². The highest BCUT2D eigenvalue weighted by Gasteiger charge is 2.29. The van der Waals surface area contributed by atoms with Gasteiger partial charge in [0.2, 0.25) is 0 Å². The van der Waals surface area contributed by atoms with E-state index in [1.807, 2.05) is 24.5 Å². The average Bonchev–Trinajstić information content (AvgIpc) is 2.97. The Morgan fingerprint density at radius 2 is 2.23 bits per heavy atom. The second-order valence-corrected chi connectivity index (χ2v) is 7.05. The van der Waals surface area contributed by atoms with Gasteiger partial charge in [-0.1, -0.05) is 20.8 Å². The van der Waals surface area contributed by atoms with Crippen molar-refractivity contribution in [1.82, 2.24) is 19.9 Å². The Labute approximate surface area is 131 Å². The van der Waals surface area contributed by atoms with Crippen LogP contribution in [0.2, 0.25) is 0 Å². The summed E-state index contributed by atoms with van der Waals surface area (Å²) >= 11 is 0. The first kappa shape index (κ1) is 15.2. The highest BCUT2D eigenvalue weighted by Crippen LogP contribution is 2.28. The molecule has 3 heterocycles. The van der Waals surface area contributed by atoms with Gasteiger partial charge in [0.25, 0.3) is 0 Å². The Balaban J connectivity index is 1.81. The summed E-state index contributed by atoms with van der Waals surface area (Å²) < 4.78 is 5.68. The lowest BCUT2D eigenvalue weighted by atomic mass is 9.95. The van der Waals surface area contributed by atoms with Gasteiger partial charge in [0.1, 0.15) is 5.82 Å². The third kappa shape index (κ3) is 3.54. The zero-order chi connectivity index (χ0) is 15.6. The first-order valence-electron chi connectivity index (χ1n) is 7.80. The van der Waals surface area contributed by atoms with Gasteiger partial charge < -0.3 is 9.72 Å². The molecule has 0 radical (unpaired) electrons. The van der Waals surface area contributed by atoms with E-state index >= 15 is 0 Å². The van der Waals surface area contributed by atoms with E-state index in [9.17, 15) is 0 Å². The summed E-state index contributed by atoms with van der Waals surface area (Å²) in [7, 11) is 0. The number of pyridine rings is 1. The normalized spacial score (nSPS) is 20.2. The number of aromatic nitrogens is 3. The molecule has 1 aliphatic rings. The molecule has 0 unspecified atom stereocenters. The molecule has 0 amide bonds. The van der Waals surface area contributed by atoms with Crippen LogP contribution in [-0.2, 0) is 4.74 Å². The first-order valence-corrected chi connectivity index (χ1v) is 7.80. The van der Waals surface area contributed by atoms with Crippen molar-refractivity contribution < 1.29 is 4.74 Å². The molecule has 0 saturated carbocycles. The summed E-state index contributed by atoms with van der Waals surface area (Å²) in [5, 5.41) is 0. The average molecular weight is 300 g/mol. The number of hydrogen-bond donors (Lipinski definition) is 1. The number of H-pyrrole nitrogens is 1. The monoisotopic (exact) mass is 300 g/mol. The van der Waals surface area contributed by atoms with Crippen LogP contribution in [0.15, 0.2) is 30.7 Å². The SMILES string of the molecule is CC(C)(C)CN1CCOC[C@H]1c1ncc(-c2cccnc2)[nH]1. The number of morpholine rings is 1. The molecule has 1 saturated heterocycles. The van der Waals surface area contributed by atoms with Crippen molar-refractivity contribution in [1.29, 1.82) is 0 Å². The predicted molar refractivity (Wildman–Crippen MR) is 86.4 cm³/mol. The van der Waals surface area contributed by atoms with Gasteiger partial charge in [0.05, 0.1) is 31.1 Å². The van der Waals surface area contributed by atoms with Gasteiger partial charge in [0.15, 0.2) is 0 Å². The highest BCUT2D eigenvalue weighted by molar-refractivity contribution is 5.56. The fraction of sp³-hybridized carbons (Fsp3) is 0.529. The fourth-order valence-electron chi connectivity index (χ4n) is 2.86. The number of nitrogens with zero attached hydrogens (tertiary/aromatic N) is 3. The Morgan fingerprint density at radius 3 is 2.95 bits per heavy atom. The van der Waals surface area contributed by atoms with Gasteiger partial charge in [-0.15, -0.1) is 0 Å². The zero-order valence-electron chi connectivity index (χ0n) is 13.5. The molecule has 1 N–H and O–H groups in total. The van der Waals surface area contributed by atoms with Crippen molar-refractivity contribution in [2.24, 2.45) is 5.41 Å². The lowest BCUT2D eigenvalue weighted by Crippen LogP contribution is -2.44. The molecular weight excluding hydrogens is 276 g/mol. The van der Waals surface area contributed by atoms with Crippen molar-refractivity contribution >= 4 is 0 Å². The number of nitrogens with one attached hydrogen (secondary N) is 1. The molecule has 22 heavy (non-hydrogen) atoms. The molecule has 5 nitrogen and oxygen atoms in total. The van der Waals surface area contributed by atoms with Gasteiger partial charge in [0, 0.05) is 31.0 Å². The van der Waals surface area contributed by atoms with E-state index in [2.05, 4.69) is 40.6 Å². The summed E-state index contributed by atoms with van der Waals surface area (Å²) in [6.45, 7) is 10.3. The van der Waals surface area contributed by atoms with E-state index in [0.717, 1.165) is 36.8 Å². The van der Waals surface area contributed by atoms with Gasteiger partial charge in [-0.25, -0.2) is 4.98 Å². The minimum Gasteiger partial charge on any atom is -0.378 e. The molecule has 2 aromatic heterocycles. The second kappa shape index (κ2) is 6.18. The molecule has 2 aromatic rings. The maximum Gasteiger partial charge on any atom is 0.126 e. The molecule has 0 aromatic carbocycles.